The minimum absolute atomic E-state index is 0.185. The zero-order valence-electron chi connectivity index (χ0n) is 7.10. The van der Waals surface area contributed by atoms with Gasteiger partial charge in [-0.15, -0.1) is 0 Å². The molecule has 5 heteroatoms. The average molecular weight is 199 g/mol. The molecule has 70 valence electrons. The van der Waals surface area contributed by atoms with Gasteiger partial charge in [0, 0.05) is 0 Å². The summed E-state index contributed by atoms with van der Waals surface area (Å²) in [5, 5.41) is 2.81. The van der Waals surface area contributed by atoms with Gasteiger partial charge in [-0.1, -0.05) is 6.07 Å². The van der Waals surface area contributed by atoms with Crippen LogP contribution in [-0.4, -0.2) is 5.11 Å². The van der Waals surface area contributed by atoms with E-state index in [9.17, 15) is 4.39 Å². The molecule has 1 aromatic rings. The van der Waals surface area contributed by atoms with E-state index < -0.39 is 0 Å². The van der Waals surface area contributed by atoms with E-state index in [1.807, 2.05) is 6.92 Å². The monoisotopic (exact) mass is 199 g/mol. The number of nitrogens with two attached hydrogens (primary N) is 1. The van der Waals surface area contributed by atoms with E-state index in [4.69, 9.17) is 18.1 Å². The lowest BCUT2D eigenvalue weighted by Crippen LogP contribution is -2.34. The SMILES string of the molecule is Cc1ccc(F)c(NC(=S)NN)c1. The Morgan fingerprint density at radius 1 is 1.54 bits per heavy atom. The predicted octanol–water partition coefficient (Wildman–Crippen LogP) is 1.29. The number of aryl methyl sites for hydroxylation is 1. The Balaban J connectivity index is 2.87. The quantitative estimate of drug-likeness (QED) is 0.362. The van der Waals surface area contributed by atoms with Crippen molar-refractivity contribution in [1.82, 2.24) is 5.43 Å². The maximum atomic E-state index is 13.1. The summed E-state index contributed by atoms with van der Waals surface area (Å²) in [6, 6.07) is 4.70. The lowest BCUT2D eigenvalue weighted by atomic mass is 10.2. The van der Waals surface area contributed by atoms with E-state index in [1.54, 1.807) is 12.1 Å². The third kappa shape index (κ3) is 2.64. The van der Waals surface area contributed by atoms with Crippen molar-refractivity contribution in [3.8, 4) is 0 Å². The van der Waals surface area contributed by atoms with Crippen molar-refractivity contribution in [3.63, 3.8) is 0 Å². The molecule has 0 aromatic heterocycles. The minimum atomic E-state index is -0.358. The Labute approximate surface area is 81.1 Å². The maximum absolute atomic E-state index is 13.1. The van der Waals surface area contributed by atoms with Crippen LogP contribution in [0.15, 0.2) is 18.2 Å². The first kappa shape index (κ1) is 9.88. The summed E-state index contributed by atoms with van der Waals surface area (Å²) in [5.41, 5.74) is 3.48. The summed E-state index contributed by atoms with van der Waals surface area (Å²) >= 11 is 4.73. The molecule has 0 fully saturated rings. The Kier molecular flexibility index (Phi) is 3.16. The molecule has 0 bridgehead atoms. The van der Waals surface area contributed by atoms with Gasteiger partial charge < -0.3 is 10.7 Å². The van der Waals surface area contributed by atoms with Gasteiger partial charge in [0.05, 0.1) is 5.69 Å². The van der Waals surface area contributed by atoms with Crippen molar-refractivity contribution in [2.45, 2.75) is 6.92 Å². The molecule has 0 amide bonds. The molecule has 0 aliphatic carbocycles. The van der Waals surface area contributed by atoms with Crippen molar-refractivity contribution < 1.29 is 4.39 Å². The highest BCUT2D eigenvalue weighted by Crippen LogP contribution is 2.14. The number of hydrazine groups is 1. The van der Waals surface area contributed by atoms with Crippen molar-refractivity contribution in [1.29, 1.82) is 0 Å². The molecule has 0 radical (unpaired) electrons. The number of thiocarbonyl (C=S) groups is 1. The zero-order chi connectivity index (χ0) is 9.84. The molecule has 0 saturated heterocycles. The largest absolute Gasteiger partial charge is 0.329 e. The highest BCUT2D eigenvalue weighted by molar-refractivity contribution is 7.80. The number of anilines is 1. The van der Waals surface area contributed by atoms with Crippen molar-refractivity contribution in [2.24, 2.45) is 5.84 Å². The molecule has 0 unspecified atom stereocenters. The van der Waals surface area contributed by atoms with Crippen LogP contribution in [0.2, 0.25) is 0 Å². The van der Waals surface area contributed by atoms with Crippen molar-refractivity contribution in [2.75, 3.05) is 5.32 Å². The van der Waals surface area contributed by atoms with Gasteiger partial charge in [0.1, 0.15) is 5.82 Å². The highest BCUT2D eigenvalue weighted by atomic mass is 32.1. The van der Waals surface area contributed by atoms with Crippen LogP contribution in [0.4, 0.5) is 10.1 Å². The van der Waals surface area contributed by atoms with Crippen molar-refractivity contribution in [3.05, 3.63) is 29.6 Å². The van der Waals surface area contributed by atoms with E-state index in [-0.39, 0.29) is 10.9 Å². The lowest BCUT2D eigenvalue weighted by Gasteiger charge is -2.08. The van der Waals surface area contributed by atoms with Gasteiger partial charge in [0.2, 0.25) is 0 Å². The molecule has 1 aromatic carbocycles. The summed E-state index contributed by atoms with van der Waals surface area (Å²) in [6.07, 6.45) is 0. The molecule has 0 spiro atoms. The van der Waals surface area contributed by atoms with Crippen LogP contribution in [0, 0.1) is 12.7 Å². The Morgan fingerprint density at radius 3 is 2.85 bits per heavy atom. The van der Waals surface area contributed by atoms with E-state index >= 15 is 0 Å². The summed E-state index contributed by atoms with van der Waals surface area (Å²) in [4.78, 5) is 0. The van der Waals surface area contributed by atoms with E-state index in [0.717, 1.165) is 5.56 Å². The molecular weight excluding hydrogens is 189 g/mol. The van der Waals surface area contributed by atoms with Gasteiger partial charge in [-0.2, -0.15) is 0 Å². The van der Waals surface area contributed by atoms with Gasteiger partial charge in [0.25, 0.3) is 0 Å². The summed E-state index contributed by atoms with van der Waals surface area (Å²) in [5.74, 6) is 4.67. The van der Waals surface area contributed by atoms with Gasteiger partial charge in [-0.05, 0) is 36.8 Å². The molecule has 0 atom stereocenters. The third-order valence-electron chi connectivity index (χ3n) is 1.50. The number of rotatable bonds is 1. The Bertz CT molecular complexity index is 327. The normalized spacial score (nSPS) is 9.46. The first-order valence-corrected chi connectivity index (χ1v) is 4.08. The number of hydrogen-bond acceptors (Lipinski definition) is 2. The van der Waals surface area contributed by atoms with Crippen LogP contribution < -0.4 is 16.6 Å². The highest BCUT2D eigenvalue weighted by Gasteiger charge is 2.02. The summed E-state index contributed by atoms with van der Waals surface area (Å²) in [7, 11) is 0. The number of benzene rings is 1. The third-order valence-corrected chi connectivity index (χ3v) is 1.72. The summed E-state index contributed by atoms with van der Waals surface area (Å²) in [6.45, 7) is 1.86. The van der Waals surface area contributed by atoms with Crippen LogP contribution in [0.25, 0.3) is 0 Å². The number of hydrogen-bond donors (Lipinski definition) is 3. The standard InChI is InChI=1S/C8H10FN3S/c1-5-2-3-6(9)7(4-5)11-8(13)12-10/h2-4H,10H2,1H3,(H2,11,12,13). The fourth-order valence-electron chi connectivity index (χ4n) is 0.893. The predicted molar refractivity (Wildman–Crippen MR) is 54.7 cm³/mol. The fraction of sp³-hybridized carbons (Fsp3) is 0.125. The van der Waals surface area contributed by atoms with E-state index in [2.05, 4.69) is 10.7 Å². The van der Waals surface area contributed by atoms with Gasteiger partial charge in [-0.3, -0.25) is 0 Å². The minimum Gasteiger partial charge on any atom is -0.329 e. The average Bonchev–Trinajstić information content (AvgIpc) is 2.11. The first-order chi connectivity index (χ1) is 6.13. The molecule has 4 N–H and O–H groups in total. The van der Waals surface area contributed by atoms with Crippen molar-refractivity contribution >= 4 is 23.0 Å². The summed E-state index contributed by atoms with van der Waals surface area (Å²) < 4.78 is 13.1. The second-order valence-corrected chi connectivity index (χ2v) is 2.99. The molecule has 3 nitrogen and oxygen atoms in total. The smallest absolute Gasteiger partial charge is 0.185 e. The topological polar surface area (TPSA) is 50.1 Å². The van der Waals surface area contributed by atoms with Gasteiger partial charge in [0.15, 0.2) is 5.11 Å². The molecule has 0 saturated carbocycles. The second kappa shape index (κ2) is 4.15. The van der Waals surface area contributed by atoms with Crippen LogP contribution in [-0.2, 0) is 0 Å². The fourth-order valence-corrected chi connectivity index (χ4v) is 1.00. The van der Waals surface area contributed by atoms with Crippen LogP contribution in [0.3, 0.4) is 0 Å². The second-order valence-electron chi connectivity index (χ2n) is 2.58. The van der Waals surface area contributed by atoms with Gasteiger partial charge >= 0.3 is 0 Å². The molecule has 0 heterocycles. The Hall–Kier alpha value is -1.20. The van der Waals surface area contributed by atoms with Crippen LogP contribution in [0.5, 0.6) is 0 Å². The molecule has 0 aliphatic heterocycles. The Morgan fingerprint density at radius 2 is 2.23 bits per heavy atom. The molecule has 0 aliphatic rings. The van der Waals surface area contributed by atoms with E-state index in [1.165, 1.54) is 6.07 Å². The van der Waals surface area contributed by atoms with Crippen LogP contribution in [0.1, 0.15) is 5.56 Å². The molecule has 13 heavy (non-hydrogen) atoms. The first-order valence-electron chi connectivity index (χ1n) is 3.67. The zero-order valence-corrected chi connectivity index (χ0v) is 7.91. The van der Waals surface area contributed by atoms with Crippen LogP contribution >= 0.6 is 12.2 Å². The lowest BCUT2D eigenvalue weighted by molar-refractivity contribution is 0.631. The van der Waals surface area contributed by atoms with E-state index in [0.29, 0.717) is 5.69 Å². The molecular formula is C8H10FN3S. The number of halogens is 1. The molecule has 1 rings (SSSR count). The number of nitrogens with one attached hydrogen (secondary N) is 2. The van der Waals surface area contributed by atoms with Gasteiger partial charge in [-0.25, -0.2) is 10.2 Å². The maximum Gasteiger partial charge on any atom is 0.185 e.